The molecule has 0 saturated heterocycles. The Hall–Kier alpha value is -7.84. The molecule has 0 spiro atoms. The maximum atomic E-state index is 7.31. The monoisotopic (exact) mass is 1120 g/mol. The van der Waals surface area contributed by atoms with Gasteiger partial charge in [-0.3, -0.25) is 0 Å². The molecule has 13 rings (SSSR count). The van der Waals surface area contributed by atoms with Crippen molar-refractivity contribution in [3.63, 3.8) is 0 Å². The molecule has 0 aromatic heterocycles. The van der Waals surface area contributed by atoms with Gasteiger partial charge in [0.05, 0.1) is 50.7 Å². The number of methoxy groups -OCH3 is 4. The SMILES string of the molecule is COc1c2cc(c3c1-c1ccccc1CO3)[C@H](CC(C)C)c1cc(c3c(c1OC)-c1ccccc1CO3)[C@H](CC(C)C)c1cc(c3c(c1OC)-c1ccccc1CO3)[C@H](CC(C)C)c1cc(c3c(c1OC)-c1ccccc1CO3)[C@@H]2CC(C)C. The maximum absolute atomic E-state index is 7.31. The molecule has 8 bridgehead atoms. The second-order valence-corrected chi connectivity index (χ2v) is 25.7. The summed E-state index contributed by atoms with van der Waals surface area (Å²) in [7, 11) is 7.37. The van der Waals surface area contributed by atoms with Crippen LogP contribution in [0.2, 0.25) is 0 Å². The van der Waals surface area contributed by atoms with Crippen LogP contribution in [0.25, 0.3) is 44.5 Å². The van der Waals surface area contributed by atoms with Crippen molar-refractivity contribution < 1.29 is 37.9 Å². The summed E-state index contributed by atoms with van der Waals surface area (Å²) in [5.74, 6) is 6.77. The zero-order valence-corrected chi connectivity index (χ0v) is 51.1. The highest BCUT2D eigenvalue weighted by atomic mass is 16.5. The Morgan fingerprint density at radius 2 is 0.512 bits per heavy atom. The summed E-state index contributed by atoms with van der Waals surface area (Å²) in [4.78, 5) is 0. The van der Waals surface area contributed by atoms with Crippen molar-refractivity contribution in [1.82, 2.24) is 0 Å². The van der Waals surface area contributed by atoms with E-state index >= 15 is 0 Å². The van der Waals surface area contributed by atoms with Gasteiger partial charge < -0.3 is 37.9 Å². The molecule has 4 atom stereocenters. The van der Waals surface area contributed by atoms with E-state index < -0.39 is 0 Å². The van der Waals surface area contributed by atoms with Crippen LogP contribution in [0.4, 0.5) is 0 Å². The molecule has 432 valence electrons. The fourth-order valence-corrected chi connectivity index (χ4v) is 15.0. The largest absolute Gasteiger partial charge is 0.496 e. The summed E-state index contributed by atoms with van der Waals surface area (Å²) in [6, 6.07) is 44.7. The van der Waals surface area contributed by atoms with Gasteiger partial charge in [0.15, 0.2) is 0 Å². The zero-order chi connectivity index (χ0) is 58.2. The number of hydrogen-bond acceptors (Lipinski definition) is 8. The van der Waals surface area contributed by atoms with Gasteiger partial charge >= 0.3 is 0 Å². The van der Waals surface area contributed by atoms with Crippen molar-refractivity contribution in [2.24, 2.45) is 23.7 Å². The van der Waals surface area contributed by atoms with E-state index in [-0.39, 0.29) is 47.3 Å². The van der Waals surface area contributed by atoms with Gasteiger partial charge in [-0.25, -0.2) is 0 Å². The fraction of sp³-hybridized carbons (Fsp3) is 0.368. The zero-order valence-electron chi connectivity index (χ0n) is 51.1. The summed E-state index contributed by atoms with van der Waals surface area (Å²) < 4.78 is 57.2. The second-order valence-electron chi connectivity index (χ2n) is 25.7. The van der Waals surface area contributed by atoms with Gasteiger partial charge in [-0.15, -0.1) is 0 Å². The second kappa shape index (κ2) is 22.3. The van der Waals surface area contributed by atoms with E-state index in [1.165, 1.54) is 0 Å². The summed E-state index contributed by atoms with van der Waals surface area (Å²) >= 11 is 0. The van der Waals surface area contributed by atoms with E-state index in [1.807, 2.05) is 28.4 Å². The molecular formula is C76H80O8. The number of rotatable bonds is 12. The van der Waals surface area contributed by atoms with Gasteiger partial charge in [0.1, 0.15) is 72.4 Å². The van der Waals surface area contributed by atoms with Crippen LogP contribution >= 0.6 is 0 Å². The van der Waals surface area contributed by atoms with Gasteiger partial charge in [-0.2, -0.15) is 0 Å². The van der Waals surface area contributed by atoms with Gasteiger partial charge in [0, 0.05) is 68.2 Å². The highest BCUT2D eigenvalue weighted by molar-refractivity contribution is 5.90. The summed E-state index contributed by atoms with van der Waals surface area (Å²) in [5, 5.41) is 0. The molecule has 4 aliphatic heterocycles. The molecule has 0 N–H and O–H groups in total. The van der Waals surface area contributed by atoms with E-state index in [4.69, 9.17) is 37.9 Å². The van der Waals surface area contributed by atoms with Gasteiger partial charge in [-0.05, 0) is 118 Å². The molecule has 8 nitrogen and oxygen atoms in total. The average Bonchev–Trinajstić information content (AvgIpc) is 0.925. The molecule has 0 unspecified atom stereocenters. The Morgan fingerprint density at radius 1 is 0.310 bits per heavy atom. The molecule has 0 amide bonds. The Kier molecular flexibility index (Phi) is 14.7. The van der Waals surface area contributed by atoms with Crippen molar-refractivity contribution in [3.05, 3.63) is 188 Å². The summed E-state index contributed by atoms with van der Waals surface area (Å²) in [6.45, 7) is 20.4. The predicted octanol–water partition coefficient (Wildman–Crippen LogP) is 19.0. The van der Waals surface area contributed by atoms with Crippen molar-refractivity contribution >= 4 is 0 Å². The van der Waals surface area contributed by atoms with Crippen molar-refractivity contribution in [2.75, 3.05) is 28.4 Å². The van der Waals surface area contributed by atoms with Gasteiger partial charge in [0.2, 0.25) is 0 Å². The number of fused-ring (bicyclic) bond motifs is 24. The van der Waals surface area contributed by atoms with Crippen LogP contribution < -0.4 is 37.9 Å². The third kappa shape index (κ3) is 9.16. The number of hydrogen-bond donors (Lipinski definition) is 0. The highest BCUT2D eigenvalue weighted by Gasteiger charge is 2.43. The third-order valence-electron chi connectivity index (χ3n) is 18.4. The lowest BCUT2D eigenvalue weighted by atomic mass is 9.71. The highest BCUT2D eigenvalue weighted by Crippen LogP contribution is 2.63. The average molecular weight is 1120 g/mol. The van der Waals surface area contributed by atoms with E-state index in [0.717, 1.165) is 183 Å². The quantitative estimate of drug-likeness (QED) is 0.120. The molecule has 0 radical (unpaired) electrons. The van der Waals surface area contributed by atoms with Crippen molar-refractivity contribution in [3.8, 4) is 90.5 Å². The van der Waals surface area contributed by atoms with E-state index in [2.05, 4.69) is 177 Å². The van der Waals surface area contributed by atoms with Crippen LogP contribution in [0.5, 0.6) is 46.0 Å². The lowest BCUT2D eigenvalue weighted by molar-refractivity contribution is 0.289. The molecule has 8 heteroatoms. The Labute approximate surface area is 497 Å². The molecule has 1 aliphatic carbocycles. The molecule has 5 aliphatic rings. The first-order chi connectivity index (χ1) is 40.8. The molecule has 0 fully saturated rings. The molecule has 8 aromatic carbocycles. The Bertz CT molecular complexity index is 3270. The summed E-state index contributed by atoms with van der Waals surface area (Å²) in [5.41, 5.74) is 21.7. The first-order valence-corrected chi connectivity index (χ1v) is 30.6. The fourth-order valence-electron chi connectivity index (χ4n) is 15.0. The molecule has 84 heavy (non-hydrogen) atoms. The first-order valence-electron chi connectivity index (χ1n) is 30.6. The topological polar surface area (TPSA) is 73.8 Å². The normalized spacial score (nSPS) is 17.6. The van der Waals surface area contributed by atoms with E-state index in [9.17, 15) is 0 Å². The van der Waals surface area contributed by atoms with Gasteiger partial charge in [0.25, 0.3) is 0 Å². The molecule has 8 aromatic rings. The van der Waals surface area contributed by atoms with Gasteiger partial charge in [-0.1, -0.05) is 152 Å². The molecule has 0 saturated carbocycles. The number of ether oxygens (including phenoxy) is 8. The maximum Gasteiger partial charge on any atom is 0.135 e. The smallest absolute Gasteiger partial charge is 0.135 e. The lowest BCUT2D eigenvalue weighted by Gasteiger charge is -2.37. The van der Waals surface area contributed by atoms with E-state index in [0.29, 0.717) is 26.4 Å². The number of benzene rings is 8. The molecule has 4 heterocycles. The Balaban J connectivity index is 1.28. The third-order valence-corrected chi connectivity index (χ3v) is 18.4. The van der Waals surface area contributed by atoms with Crippen LogP contribution in [-0.4, -0.2) is 28.4 Å². The van der Waals surface area contributed by atoms with Crippen LogP contribution in [0.15, 0.2) is 121 Å². The van der Waals surface area contributed by atoms with Crippen molar-refractivity contribution in [2.45, 2.75) is 131 Å². The lowest BCUT2D eigenvalue weighted by Crippen LogP contribution is -2.21. The Morgan fingerprint density at radius 3 is 0.702 bits per heavy atom. The minimum atomic E-state index is -0.228. The predicted molar refractivity (Wildman–Crippen MR) is 336 cm³/mol. The molecular weight excluding hydrogens is 1040 g/mol. The van der Waals surface area contributed by atoms with Crippen LogP contribution in [0, 0.1) is 23.7 Å². The van der Waals surface area contributed by atoms with Crippen LogP contribution in [-0.2, 0) is 26.4 Å². The van der Waals surface area contributed by atoms with Crippen LogP contribution in [0.3, 0.4) is 0 Å². The standard InChI is InChI=1S/C76H80O8/c1-41(2)29-53-57-33-62(74-65(69(57)77-9)49-25-17-13-22-46(49)38-82-74)55(31-43(5)6)59-35-64(76-67(71(59)79-11)51-27-19-15-24-48(51)40-84-76)56(32-44(7)8)60-36-63(75-68(72(60)80-12)52-28-20-16-23-47(52)39-83-75)54(30-42(3)4)58-34-61(53)73-66(70(58)78-10)50-26-18-14-21-45(50)37-81-73/h13-28,33-36,41-44,53-56H,29-32,37-40H2,1-12H3/t53-,54-,55-,56-/m1/s1. The minimum Gasteiger partial charge on any atom is -0.496 e. The minimum absolute atomic E-state index is 0.228. The van der Waals surface area contributed by atoms with E-state index in [1.54, 1.807) is 0 Å². The van der Waals surface area contributed by atoms with Crippen molar-refractivity contribution in [1.29, 1.82) is 0 Å². The first kappa shape index (κ1) is 55.4. The van der Waals surface area contributed by atoms with Crippen LogP contribution in [0.1, 0.15) is 172 Å². The summed E-state index contributed by atoms with van der Waals surface area (Å²) in [6.07, 6.45) is 3.18.